The molecular weight excluding hydrogens is 327 g/mol. The summed E-state index contributed by atoms with van der Waals surface area (Å²) in [5.74, 6) is -0.474. The van der Waals surface area contributed by atoms with Crippen LogP contribution in [0.25, 0.3) is 0 Å². The highest BCUT2D eigenvalue weighted by Gasteiger charge is 2.10. The largest absolute Gasteiger partial charge is 0.487 e. The predicted octanol–water partition coefficient (Wildman–Crippen LogP) is 3.03. The Bertz CT molecular complexity index is 724. The zero-order chi connectivity index (χ0) is 16.1. The van der Waals surface area contributed by atoms with Crippen molar-refractivity contribution in [1.82, 2.24) is 5.32 Å². The van der Waals surface area contributed by atoms with Crippen LogP contribution in [-0.4, -0.2) is 11.0 Å². The van der Waals surface area contributed by atoms with Crippen LogP contribution in [-0.2, 0) is 6.61 Å². The van der Waals surface area contributed by atoms with Crippen molar-refractivity contribution in [3.63, 3.8) is 0 Å². The van der Waals surface area contributed by atoms with Gasteiger partial charge in [0.25, 0.3) is 5.91 Å². The van der Waals surface area contributed by atoms with Crippen molar-refractivity contribution in [3.8, 4) is 5.75 Å². The van der Waals surface area contributed by atoms with Crippen molar-refractivity contribution in [2.24, 2.45) is 5.73 Å². The van der Waals surface area contributed by atoms with E-state index in [0.29, 0.717) is 11.3 Å². The van der Waals surface area contributed by atoms with Crippen LogP contribution in [0.1, 0.15) is 15.9 Å². The molecule has 0 unspecified atom stereocenters. The Kier molecular flexibility index (Phi) is 5.30. The molecule has 0 aliphatic carbocycles. The van der Waals surface area contributed by atoms with Gasteiger partial charge in [0.1, 0.15) is 18.2 Å². The van der Waals surface area contributed by atoms with Gasteiger partial charge in [0.15, 0.2) is 5.11 Å². The highest BCUT2D eigenvalue weighted by Crippen LogP contribution is 2.26. The van der Waals surface area contributed by atoms with Gasteiger partial charge in [0.05, 0.1) is 5.02 Å². The number of benzene rings is 2. The molecule has 0 saturated carbocycles. The monoisotopic (exact) mass is 338 g/mol. The summed E-state index contributed by atoms with van der Waals surface area (Å²) in [4.78, 5) is 11.7. The molecule has 0 spiro atoms. The molecule has 22 heavy (non-hydrogen) atoms. The standard InChI is InChI=1S/C15H12ClFN2O2S/c16-11-7-9(14(20)19-15(18)22)5-6-13(11)21-8-10-3-1-2-4-12(10)17/h1-7H,8H2,(H3,18,19,20,22). The maximum absolute atomic E-state index is 13.5. The van der Waals surface area contributed by atoms with Gasteiger partial charge in [-0.15, -0.1) is 0 Å². The van der Waals surface area contributed by atoms with Gasteiger partial charge in [-0.05, 0) is 36.5 Å². The smallest absolute Gasteiger partial charge is 0.257 e. The fourth-order valence-corrected chi connectivity index (χ4v) is 2.04. The molecule has 114 valence electrons. The number of amides is 1. The molecule has 0 radical (unpaired) electrons. The SMILES string of the molecule is NC(=S)NC(=O)c1ccc(OCc2ccccc2F)c(Cl)c1. The molecule has 0 aromatic heterocycles. The molecule has 0 heterocycles. The Balaban J connectivity index is 2.08. The van der Waals surface area contributed by atoms with Crippen LogP contribution in [0, 0.1) is 5.82 Å². The number of carbonyl (C=O) groups is 1. The van der Waals surface area contributed by atoms with Crippen LogP contribution < -0.4 is 15.8 Å². The lowest BCUT2D eigenvalue weighted by atomic mass is 10.2. The third-order valence-electron chi connectivity index (χ3n) is 2.77. The molecule has 4 nitrogen and oxygen atoms in total. The molecule has 0 aliphatic rings. The summed E-state index contributed by atoms with van der Waals surface area (Å²) in [7, 11) is 0. The molecule has 7 heteroatoms. The van der Waals surface area contributed by atoms with Crippen LogP contribution in [0.15, 0.2) is 42.5 Å². The van der Waals surface area contributed by atoms with Gasteiger partial charge in [-0.3, -0.25) is 10.1 Å². The lowest BCUT2D eigenvalue weighted by molar-refractivity contribution is 0.0977. The third kappa shape index (κ3) is 4.16. The van der Waals surface area contributed by atoms with E-state index in [1.807, 2.05) is 0 Å². The van der Waals surface area contributed by atoms with Crippen LogP contribution in [0.3, 0.4) is 0 Å². The predicted molar refractivity (Wildman–Crippen MR) is 86.4 cm³/mol. The van der Waals surface area contributed by atoms with Crippen LogP contribution in [0.2, 0.25) is 5.02 Å². The molecule has 0 aliphatic heterocycles. The van der Waals surface area contributed by atoms with Crippen molar-refractivity contribution < 1.29 is 13.9 Å². The summed E-state index contributed by atoms with van der Waals surface area (Å²) >= 11 is 10.6. The zero-order valence-electron chi connectivity index (χ0n) is 11.3. The fourth-order valence-electron chi connectivity index (χ4n) is 1.71. The van der Waals surface area contributed by atoms with E-state index in [1.54, 1.807) is 18.2 Å². The molecule has 0 atom stereocenters. The second-order valence-electron chi connectivity index (χ2n) is 4.34. The fraction of sp³-hybridized carbons (Fsp3) is 0.0667. The van der Waals surface area contributed by atoms with E-state index in [2.05, 4.69) is 17.5 Å². The van der Waals surface area contributed by atoms with E-state index in [4.69, 9.17) is 22.1 Å². The zero-order valence-corrected chi connectivity index (χ0v) is 12.9. The quantitative estimate of drug-likeness (QED) is 0.841. The Morgan fingerprint density at radius 2 is 2.05 bits per heavy atom. The number of rotatable bonds is 4. The highest BCUT2D eigenvalue weighted by atomic mass is 35.5. The average Bonchev–Trinajstić information content (AvgIpc) is 2.46. The topological polar surface area (TPSA) is 64.3 Å². The molecule has 3 N–H and O–H groups in total. The summed E-state index contributed by atoms with van der Waals surface area (Å²) in [5.41, 5.74) is 5.93. The maximum atomic E-state index is 13.5. The Morgan fingerprint density at radius 3 is 2.68 bits per heavy atom. The Hall–Kier alpha value is -2.18. The van der Waals surface area contributed by atoms with Gasteiger partial charge in [-0.2, -0.15) is 0 Å². The number of carbonyl (C=O) groups excluding carboxylic acids is 1. The summed E-state index contributed by atoms with van der Waals surface area (Å²) in [6, 6.07) is 10.7. The van der Waals surface area contributed by atoms with Crippen molar-refractivity contribution in [2.45, 2.75) is 6.61 Å². The van der Waals surface area contributed by atoms with Gasteiger partial charge in [-0.1, -0.05) is 29.8 Å². The maximum Gasteiger partial charge on any atom is 0.257 e. The van der Waals surface area contributed by atoms with Gasteiger partial charge in [0.2, 0.25) is 0 Å². The number of hydrogen-bond donors (Lipinski definition) is 2. The van der Waals surface area contributed by atoms with E-state index in [0.717, 1.165) is 0 Å². The van der Waals surface area contributed by atoms with Gasteiger partial charge >= 0.3 is 0 Å². The number of thiocarbonyl (C=S) groups is 1. The number of nitrogens with two attached hydrogens (primary N) is 1. The number of halogens is 2. The highest BCUT2D eigenvalue weighted by molar-refractivity contribution is 7.80. The summed E-state index contributed by atoms with van der Waals surface area (Å²) in [6.07, 6.45) is 0. The van der Waals surface area contributed by atoms with E-state index in [-0.39, 0.29) is 28.1 Å². The van der Waals surface area contributed by atoms with Crippen molar-refractivity contribution in [1.29, 1.82) is 0 Å². The van der Waals surface area contributed by atoms with Crippen LogP contribution >= 0.6 is 23.8 Å². The number of hydrogen-bond acceptors (Lipinski definition) is 3. The Labute approximate surface area is 137 Å². The summed E-state index contributed by atoms with van der Waals surface area (Å²) in [6.45, 7) is 0.0326. The summed E-state index contributed by atoms with van der Waals surface area (Å²) < 4.78 is 19.0. The van der Waals surface area contributed by atoms with E-state index in [9.17, 15) is 9.18 Å². The molecule has 2 rings (SSSR count). The first kappa shape index (κ1) is 16.2. The summed E-state index contributed by atoms with van der Waals surface area (Å²) in [5, 5.41) is 2.40. The third-order valence-corrected chi connectivity index (χ3v) is 3.17. The van der Waals surface area contributed by atoms with Gasteiger partial charge < -0.3 is 10.5 Å². The minimum atomic E-state index is -0.463. The van der Waals surface area contributed by atoms with Crippen molar-refractivity contribution >= 4 is 34.8 Å². The molecule has 0 bridgehead atoms. The second kappa shape index (κ2) is 7.20. The van der Waals surface area contributed by atoms with Crippen LogP contribution in [0.4, 0.5) is 4.39 Å². The molecule has 1 amide bonds. The molecule has 0 saturated heterocycles. The molecular formula is C15H12ClFN2O2S. The Morgan fingerprint density at radius 1 is 1.32 bits per heavy atom. The average molecular weight is 339 g/mol. The number of ether oxygens (including phenoxy) is 1. The normalized spacial score (nSPS) is 10.1. The van der Waals surface area contributed by atoms with Crippen LogP contribution in [0.5, 0.6) is 5.75 Å². The van der Waals surface area contributed by atoms with Crippen molar-refractivity contribution in [2.75, 3.05) is 0 Å². The first-order valence-corrected chi connectivity index (χ1v) is 7.02. The van der Waals surface area contributed by atoms with Gasteiger partial charge in [0, 0.05) is 11.1 Å². The molecule has 2 aromatic carbocycles. The van der Waals surface area contributed by atoms with Crippen molar-refractivity contribution in [3.05, 3.63) is 64.4 Å². The van der Waals surface area contributed by atoms with E-state index >= 15 is 0 Å². The minimum Gasteiger partial charge on any atom is -0.487 e. The van der Waals surface area contributed by atoms with Gasteiger partial charge in [-0.25, -0.2) is 4.39 Å². The first-order chi connectivity index (χ1) is 10.5. The van der Waals surface area contributed by atoms with E-state index < -0.39 is 5.91 Å². The number of nitrogens with one attached hydrogen (secondary N) is 1. The lowest BCUT2D eigenvalue weighted by Crippen LogP contribution is -2.34. The lowest BCUT2D eigenvalue weighted by Gasteiger charge is -2.10. The second-order valence-corrected chi connectivity index (χ2v) is 5.19. The van der Waals surface area contributed by atoms with E-state index in [1.165, 1.54) is 24.3 Å². The minimum absolute atomic E-state index is 0.0326. The molecule has 2 aromatic rings. The molecule has 0 fully saturated rings. The first-order valence-electron chi connectivity index (χ1n) is 6.24.